The van der Waals surface area contributed by atoms with E-state index in [1.165, 1.54) is 0 Å². The summed E-state index contributed by atoms with van der Waals surface area (Å²) in [6.45, 7) is 4.08. The second-order valence-electron chi connectivity index (χ2n) is 10.9. The number of nitrogen functional groups attached to an aromatic ring is 1. The summed E-state index contributed by atoms with van der Waals surface area (Å²) < 4.78 is 42.4. The molecule has 1 aromatic heterocycles. The summed E-state index contributed by atoms with van der Waals surface area (Å²) in [6.07, 6.45) is -3.61. The minimum absolute atomic E-state index is 0.0968. The van der Waals surface area contributed by atoms with Gasteiger partial charge < -0.3 is 30.9 Å². The van der Waals surface area contributed by atoms with Gasteiger partial charge in [0, 0.05) is 29.4 Å². The minimum atomic E-state index is -5.08. The fourth-order valence-electron chi connectivity index (χ4n) is 5.07. The van der Waals surface area contributed by atoms with Gasteiger partial charge in [0.1, 0.15) is 11.9 Å². The van der Waals surface area contributed by atoms with Crippen LogP contribution in [-0.4, -0.2) is 53.4 Å². The number of anilines is 3. The van der Waals surface area contributed by atoms with Gasteiger partial charge in [0.2, 0.25) is 5.91 Å². The topological polar surface area (TPSA) is 182 Å². The first-order valence-electron chi connectivity index (χ1n) is 15.0. The van der Waals surface area contributed by atoms with E-state index < -0.39 is 36.3 Å². The molecule has 2 aliphatic rings. The molecule has 3 heterocycles. The molecule has 2 atom stereocenters. The van der Waals surface area contributed by atoms with E-state index >= 15 is 0 Å². The van der Waals surface area contributed by atoms with E-state index in [1.807, 2.05) is 49.4 Å². The molecule has 4 aromatic rings. The maximum Gasteiger partial charge on any atom is 0.490 e. The number of halogens is 3. The van der Waals surface area contributed by atoms with Crippen molar-refractivity contribution in [1.82, 2.24) is 10.3 Å². The van der Waals surface area contributed by atoms with E-state index in [1.54, 1.807) is 37.4 Å². The van der Waals surface area contributed by atoms with E-state index in [0.29, 0.717) is 29.2 Å². The molecule has 1 unspecified atom stereocenters. The Morgan fingerprint density at radius 1 is 1.08 bits per heavy atom. The molecule has 0 fully saturated rings. The number of ether oxygens (including phenoxy) is 2. The van der Waals surface area contributed by atoms with Crippen LogP contribution in [0.3, 0.4) is 0 Å². The van der Waals surface area contributed by atoms with Gasteiger partial charge in [0.25, 0.3) is 0 Å². The number of amides is 2. The molecule has 6 N–H and O–H groups in total. The zero-order valence-electron chi connectivity index (χ0n) is 26.5. The van der Waals surface area contributed by atoms with Crippen molar-refractivity contribution in [1.29, 1.82) is 0 Å². The second kappa shape index (κ2) is 15.8. The molecular formula is C34H34F3N5O7. The first-order valence-corrected chi connectivity index (χ1v) is 15.0. The lowest BCUT2D eigenvalue weighted by atomic mass is 9.96. The summed E-state index contributed by atoms with van der Waals surface area (Å²) in [5.41, 5.74) is 10.5. The molecule has 12 nitrogen and oxygen atoms in total. The monoisotopic (exact) mass is 681 g/mol. The number of hydrogen-bond acceptors (Lipinski definition) is 9. The molecule has 2 amide bonds. The number of carboxylic acid groups (broad SMARTS) is 1. The van der Waals surface area contributed by atoms with Gasteiger partial charge in [-0.3, -0.25) is 14.9 Å². The van der Waals surface area contributed by atoms with Gasteiger partial charge in [-0.25, -0.2) is 14.6 Å². The van der Waals surface area contributed by atoms with Crippen LogP contribution in [0.25, 0.3) is 10.8 Å². The van der Waals surface area contributed by atoms with Crippen molar-refractivity contribution in [2.45, 2.75) is 44.9 Å². The van der Waals surface area contributed by atoms with Crippen molar-refractivity contribution in [3.63, 3.8) is 0 Å². The SMILES string of the molecule is CCOC(=O)CC1NC(=O)[C@@H](Nc2ccc3c(N)nccc3c2)c2ccc(c(C)c2)CCOC(=O)Nc2cccc1c2.O=C(O)C(F)(F)F. The first-order chi connectivity index (χ1) is 23.2. The lowest BCUT2D eigenvalue weighted by Gasteiger charge is -2.25. The number of esters is 1. The molecule has 0 saturated carbocycles. The summed E-state index contributed by atoms with van der Waals surface area (Å²) in [5, 5.41) is 18.0. The standard InChI is InChI=1S/C32H33N5O5.C2HF3O2/c1-3-41-28(38)18-27-22-5-4-6-24(17-22)36-32(40)42-14-12-20-7-8-23(15-19(20)2)29(31(39)37-27)35-25-9-10-26-21(16-25)11-13-34-30(26)33;3-2(4,5)1(6)7/h4-11,13,15-17,27,29,35H,3,12,14,18H2,1-2H3,(H2,33,34)(H,36,40)(H,37,39);(H,6,7)/t27?,29-;/m0./s1. The second-order valence-corrected chi connectivity index (χ2v) is 10.9. The Bertz CT molecular complexity index is 1850. The van der Waals surface area contributed by atoms with Gasteiger partial charge in [-0.05, 0) is 77.9 Å². The van der Waals surface area contributed by atoms with Crippen molar-refractivity contribution in [2.24, 2.45) is 0 Å². The molecule has 0 saturated heterocycles. The Hall–Kier alpha value is -5.86. The third kappa shape index (κ3) is 9.82. The van der Waals surface area contributed by atoms with Crippen molar-refractivity contribution >= 4 is 51.9 Å². The minimum Gasteiger partial charge on any atom is -0.475 e. The first kappa shape index (κ1) is 36.0. The summed E-state index contributed by atoms with van der Waals surface area (Å²) >= 11 is 0. The van der Waals surface area contributed by atoms with E-state index in [-0.39, 0.29) is 25.5 Å². The summed E-state index contributed by atoms with van der Waals surface area (Å²) in [6, 6.07) is 18.7. The largest absolute Gasteiger partial charge is 0.490 e. The maximum atomic E-state index is 14.1. The van der Waals surface area contributed by atoms with Crippen molar-refractivity contribution in [3.8, 4) is 0 Å². The number of alkyl halides is 3. The van der Waals surface area contributed by atoms with Gasteiger partial charge >= 0.3 is 24.2 Å². The number of rotatable bonds is 5. The highest BCUT2D eigenvalue weighted by Crippen LogP contribution is 2.29. The van der Waals surface area contributed by atoms with Crippen LogP contribution in [0, 0.1) is 6.92 Å². The van der Waals surface area contributed by atoms with Crippen LogP contribution in [0.15, 0.2) is 72.9 Å². The zero-order valence-corrected chi connectivity index (χ0v) is 26.5. The number of benzene rings is 3. The number of nitrogens with one attached hydrogen (secondary N) is 3. The van der Waals surface area contributed by atoms with E-state index in [2.05, 4.69) is 20.9 Å². The predicted molar refractivity (Wildman–Crippen MR) is 175 cm³/mol. The van der Waals surface area contributed by atoms with Crippen molar-refractivity contribution < 1.29 is 46.9 Å². The van der Waals surface area contributed by atoms with E-state index in [4.69, 9.17) is 25.1 Å². The number of hydrogen-bond donors (Lipinski definition) is 5. The van der Waals surface area contributed by atoms with Crippen LogP contribution in [-0.2, 0) is 30.3 Å². The van der Waals surface area contributed by atoms with E-state index in [9.17, 15) is 27.6 Å². The smallest absolute Gasteiger partial charge is 0.475 e. The number of nitrogens with two attached hydrogens (primary N) is 1. The van der Waals surface area contributed by atoms with Gasteiger partial charge in [0.15, 0.2) is 0 Å². The Morgan fingerprint density at radius 2 is 1.84 bits per heavy atom. The van der Waals surface area contributed by atoms with Crippen LogP contribution >= 0.6 is 0 Å². The average Bonchev–Trinajstić information content (AvgIpc) is 3.04. The molecule has 258 valence electrons. The highest BCUT2D eigenvalue weighted by atomic mass is 19.4. The molecule has 6 rings (SSSR count). The molecule has 4 bridgehead atoms. The zero-order chi connectivity index (χ0) is 35.7. The predicted octanol–water partition coefficient (Wildman–Crippen LogP) is 5.83. The van der Waals surface area contributed by atoms with Crippen LogP contribution in [0.1, 0.15) is 47.7 Å². The average molecular weight is 682 g/mol. The lowest BCUT2D eigenvalue weighted by Crippen LogP contribution is -2.37. The normalized spacial score (nSPS) is 16.3. The fourth-order valence-corrected chi connectivity index (χ4v) is 5.07. The number of carboxylic acids is 1. The fraction of sp³-hybridized carbons (Fsp3) is 0.265. The van der Waals surface area contributed by atoms with Crippen LogP contribution in [0.5, 0.6) is 0 Å². The maximum absolute atomic E-state index is 14.1. The summed E-state index contributed by atoms with van der Waals surface area (Å²) in [7, 11) is 0. The molecule has 0 radical (unpaired) electrons. The number of aryl methyl sites for hydroxylation is 1. The number of aromatic nitrogens is 1. The highest BCUT2D eigenvalue weighted by molar-refractivity contribution is 5.94. The lowest BCUT2D eigenvalue weighted by molar-refractivity contribution is -0.192. The van der Waals surface area contributed by atoms with Gasteiger partial charge in [-0.2, -0.15) is 13.2 Å². The Labute approximate surface area is 278 Å². The van der Waals surface area contributed by atoms with Gasteiger partial charge in [-0.15, -0.1) is 0 Å². The van der Waals surface area contributed by atoms with Crippen molar-refractivity contribution in [3.05, 3.63) is 95.2 Å². The number of fused-ring (bicyclic) bond motifs is 10. The Kier molecular flexibility index (Phi) is 11.6. The summed E-state index contributed by atoms with van der Waals surface area (Å²) in [4.78, 5) is 52.2. The highest BCUT2D eigenvalue weighted by Gasteiger charge is 2.38. The van der Waals surface area contributed by atoms with Gasteiger partial charge in [-0.1, -0.05) is 30.3 Å². The molecule has 49 heavy (non-hydrogen) atoms. The van der Waals surface area contributed by atoms with Crippen LogP contribution in [0.2, 0.25) is 0 Å². The number of aliphatic carboxylic acids is 1. The number of nitrogens with zero attached hydrogens (tertiary/aromatic N) is 1. The van der Waals surface area contributed by atoms with E-state index in [0.717, 1.165) is 27.5 Å². The Balaban J connectivity index is 0.000000698. The molecular weight excluding hydrogens is 647 g/mol. The molecule has 0 aliphatic carbocycles. The molecule has 2 aliphatic heterocycles. The van der Waals surface area contributed by atoms with Gasteiger partial charge in [0.05, 0.1) is 25.7 Å². The third-order valence-corrected chi connectivity index (χ3v) is 7.44. The van der Waals surface area contributed by atoms with Crippen molar-refractivity contribution in [2.75, 3.05) is 29.6 Å². The quantitative estimate of drug-likeness (QED) is 0.161. The molecule has 3 aromatic carbocycles. The number of carbonyl (C=O) groups is 4. The number of carbonyl (C=O) groups excluding carboxylic acids is 3. The third-order valence-electron chi connectivity index (χ3n) is 7.44. The van der Waals surface area contributed by atoms with Crippen LogP contribution in [0.4, 0.5) is 35.2 Å². The molecule has 0 spiro atoms. The molecule has 15 heteroatoms. The summed E-state index contributed by atoms with van der Waals surface area (Å²) in [5.74, 6) is -3.12. The number of pyridine rings is 1. The van der Waals surface area contributed by atoms with Crippen LogP contribution < -0.4 is 21.7 Å². The Morgan fingerprint density at radius 3 is 2.53 bits per heavy atom.